The van der Waals surface area contributed by atoms with Crippen molar-refractivity contribution in [1.82, 2.24) is 9.97 Å². The lowest BCUT2D eigenvalue weighted by Gasteiger charge is -2.17. The fourth-order valence-electron chi connectivity index (χ4n) is 1.73. The molecule has 5 nitrogen and oxygen atoms in total. The van der Waals surface area contributed by atoms with E-state index in [4.69, 9.17) is 0 Å². The number of anilines is 2. The SMILES string of the molecule is CN(c1ccc(OC(F)(F)F)cc1)c1ncc(/C=C/C=O)cn1. The zero-order chi connectivity index (χ0) is 16.9. The van der Waals surface area contributed by atoms with Crippen molar-refractivity contribution in [2.24, 2.45) is 0 Å². The van der Waals surface area contributed by atoms with E-state index in [1.807, 2.05) is 0 Å². The van der Waals surface area contributed by atoms with E-state index in [2.05, 4.69) is 14.7 Å². The summed E-state index contributed by atoms with van der Waals surface area (Å²) in [5.74, 6) is 0.0580. The zero-order valence-corrected chi connectivity index (χ0v) is 12.0. The van der Waals surface area contributed by atoms with Crippen LogP contribution in [0.1, 0.15) is 5.56 Å². The molecule has 1 heterocycles. The lowest BCUT2D eigenvalue weighted by Crippen LogP contribution is -2.17. The summed E-state index contributed by atoms with van der Waals surface area (Å²) in [7, 11) is 1.68. The Morgan fingerprint density at radius 2 is 1.74 bits per heavy atom. The van der Waals surface area contributed by atoms with E-state index in [9.17, 15) is 18.0 Å². The van der Waals surface area contributed by atoms with E-state index >= 15 is 0 Å². The molecule has 2 aromatic rings. The van der Waals surface area contributed by atoms with Crippen LogP contribution in [0.3, 0.4) is 0 Å². The van der Waals surface area contributed by atoms with E-state index in [0.717, 1.165) is 0 Å². The van der Waals surface area contributed by atoms with Crippen molar-refractivity contribution >= 4 is 24.0 Å². The van der Waals surface area contributed by atoms with Gasteiger partial charge in [-0.05, 0) is 36.4 Å². The number of nitrogens with zero attached hydrogens (tertiary/aromatic N) is 3. The summed E-state index contributed by atoms with van der Waals surface area (Å²) in [6.45, 7) is 0. The Hall–Kier alpha value is -2.90. The average Bonchev–Trinajstić information content (AvgIpc) is 2.52. The normalized spacial score (nSPS) is 11.5. The highest BCUT2D eigenvalue weighted by atomic mass is 19.4. The van der Waals surface area contributed by atoms with Crippen molar-refractivity contribution in [1.29, 1.82) is 0 Å². The van der Waals surface area contributed by atoms with Gasteiger partial charge in [-0.25, -0.2) is 9.97 Å². The van der Waals surface area contributed by atoms with Crippen LogP contribution in [0.15, 0.2) is 42.7 Å². The smallest absolute Gasteiger partial charge is 0.406 e. The lowest BCUT2D eigenvalue weighted by atomic mass is 10.3. The van der Waals surface area contributed by atoms with Crippen LogP contribution in [0.5, 0.6) is 5.75 Å². The third-order valence-corrected chi connectivity index (χ3v) is 2.78. The van der Waals surface area contributed by atoms with Crippen LogP contribution >= 0.6 is 0 Å². The molecule has 0 atom stereocenters. The number of halogens is 3. The fraction of sp³-hybridized carbons (Fsp3) is 0.133. The van der Waals surface area contributed by atoms with Gasteiger partial charge in [-0.2, -0.15) is 0 Å². The molecule has 0 saturated carbocycles. The maximum absolute atomic E-state index is 12.1. The van der Waals surface area contributed by atoms with Crippen LogP contribution in [0, 0.1) is 0 Å². The third kappa shape index (κ3) is 4.80. The number of aldehydes is 1. The van der Waals surface area contributed by atoms with Gasteiger partial charge in [0.25, 0.3) is 0 Å². The molecule has 0 saturated heterocycles. The Labute approximate surface area is 130 Å². The van der Waals surface area contributed by atoms with E-state index in [0.29, 0.717) is 23.5 Å². The molecular weight excluding hydrogens is 311 g/mol. The number of alkyl halides is 3. The van der Waals surface area contributed by atoms with E-state index in [1.54, 1.807) is 18.0 Å². The summed E-state index contributed by atoms with van der Waals surface area (Å²) in [5, 5.41) is 0. The van der Waals surface area contributed by atoms with E-state index in [-0.39, 0.29) is 5.75 Å². The highest BCUT2D eigenvalue weighted by Crippen LogP contribution is 2.26. The minimum absolute atomic E-state index is 0.301. The number of allylic oxidation sites excluding steroid dienone is 1. The summed E-state index contributed by atoms with van der Waals surface area (Å²) in [5.41, 5.74) is 1.25. The first-order chi connectivity index (χ1) is 10.9. The first-order valence-corrected chi connectivity index (χ1v) is 6.42. The predicted octanol–water partition coefficient (Wildman–Crippen LogP) is 3.36. The second-order valence-electron chi connectivity index (χ2n) is 4.41. The summed E-state index contributed by atoms with van der Waals surface area (Å²) >= 11 is 0. The minimum Gasteiger partial charge on any atom is -0.406 e. The lowest BCUT2D eigenvalue weighted by molar-refractivity contribution is -0.274. The molecule has 8 heteroatoms. The molecule has 0 amide bonds. The number of hydrogen-bond acceptors (Lipinski definition) is 5. The zero-order valence-electron chi connectivity index (χ0n) is 12.0. The number of carbonyl (C=O) groups is 1. The molecule has 1 aromatic heterocycles. The molecule has 0 fully saturated rings. The van der Waals surface area contributed by atoms with Gasteiger partial charge < -0.3 is 9.64 Å². The Balaban J connectivity index is 2.12. The minimum atomic E-state index is -4.72. The van der Waals surface area contributed by atoms with Gasteiger partial charge in [0.15, 0.2) is 0 Å². The Bertz CT molecular complexity index is 683. The standard InChI is InChI=1S/C15H12F3N3O2/c1-21(14-19-9-11(10-20-14)3-2-8-22)12-4-6-13(7-5-12)23-15(16,17)18/h2-10H,1H3/b3-2+. The largest absolute Gasteiger partial charge is 0.573 e. The Morgan fingerprint density at radius 3 is 2.26 bits per heavy atom. The molecule has 0 aliphatic carbocycles. The summed E-state index contributed by atoms with van der Waals surface area (Å²) in [4.78, 5) is 20.1. The van der Waals surface area contributed by atoms with Crippen molar-refractivity contribution < 1.29 is 22.7 Å². The highest BCUT2D eigenvalue weighted by molar-refractivity contribution is 5.73. The molecule has 0 bridgehead atoms. The van der Waals surface area contributed by atoms with Gasteiger partial charge in [0.1, 0.15) is 12.0 Å². The van der Waals surface area contributed by atoms with Crippen LogP contribution in [-0.4, -0.2) is 29.7 Å². The van der Waals surface area contributed by atoms with Gasteiger partial charge >= 0.3 is 6.36 Å². The third-order valence-electron chi connectivity index (χ3n) is 2.78. The number of benzene rings is 1. The van der Waals surface area contributed by atoms with E-state index < -0.39 is 6.36 Å². The molecule has 1 aromatic carbocycles. The van der Waals surface area contributed by atoms with Crippen molar-refractivity contribution in [3.63, 3.8) is 0 Å². The monoisotopic (exact) mass is 323 g/mol. The second-order valence-corrected chi connectivity index (χ2v) is 4.41. The fourth-order valence-corrected chi connectivity index (χ4v) is 1.73. The molecular formula is C15H12F3N3O2. The number of ether oxygens (including phenoxy) is 1. The van der Waals surface area contributed by atoms with Crippen LogP contribution in [-0.2, 0) is 4.79 Å². The quantitative estimate of drug-likeness (QED) is 0.624. The van der Waals surface area contributed by atoms with Crippen molar-refractivity contribution in [3.8, 4) is 5.75 Å². The van der Waals surface area contributed by atoms with E-state index in [1.165, 1.54) is 42.7 Å². The van der Waals surface area contributed by atoms with Crippen molar-refractivity contribution in [2.75, 3.05) is 11.9 Å². The Morgan fingerprint density at radius 1 is 1.13 bits per heavy atom. The number of hydrogen-bond donors (Lipinski definition) is 0. The second kappa shape index (κ2) is 6.91. The molecule has 0 N–H and O–H groups in total. The number of aromatic nitrogens is 2. The number of rotatable bonds is 5. The maximum atomic E-state index is 12.1. The molecule has 23 heavy (non-hydrogen) atoms. The molecule has 0 aliphatic rings. The van der Waals surface area contributed by atoms with Crippen LogP contribution < -0.4 is 9.64 Å². The first-order valence-electron chi connectivity index (χ1n) is 6.42. The first kappa shape index (κ1) is 16.5. The summed E-state index contributed by atoms with van der Waals surface area (Å²) in [6, 6.07) is 5.34. The van der Waals surface area contributed by atoms with Gasteiger partial charge in [-0.3, -0.25) is 4.79 Å². The average molecular weight is 323 g/mol. The van der Waals surface area contributed by atoms with Crippen molar-refractivity contribution in [2.45, 2.75) is 6.36 Å². The summed E-state index contributed by atoms with van der Waals surface area (Å²) in [6.07, 6.45) is 1.85. The number of carbonyl (C=O) groups excluding carboxylic acids is 1. The molecule has 0 radical (unpaired) electrons. The van der Waals surface area contributed by atoms with Gasteiger partial charge in [-0.15, -0.1) is 13.2 Å². The summed E-state index contributed by atoms with van der Waals surface area (Å²) < 4.78 is 40.1. The Kier molecular flexibility index (Phi) is 4.95. The van der Waals surface area contributed by atoms with Gasteiger partial charge in [-0.1, -0.05) is 0 Å². The molecule has 2 rings (SSSR count). The molecule has 0 unspecified atom stereocenters. The van der Waals surface area contributed by atoms with Gasteiger partial charge in [0.2, 0.25) is 5.95 Å². The van der Waals surface area contributed by atoms with Gasteiger partial charge in [0, 0.05) is 30.7 Å². The van der Waals surface area contributed by atoms with Crippen LogP contribution in [0.25, 0.3) is 6.08 Å². The predicted molar refractivity (Wildman–Crippen MR) is 78.3 cm³/mol. The van der Waals surface area contributed by atoms with Crippen molar-refractivity contribution in [3.05, 3.63) is 48.3 Å². The molecule has 0 spiro atoms. The van der Waals surface area contributed by atoms with Crippen LogP contribution in [0.2, 0.25) is 0 Å². The van der Waals surface area contributed by atoms with Gasteiger partial charge in [0.05, 0.1) is 0 Å². The highest BCUT2D eigenvalue weighted by Gasteiger charge is 2.31. The van der Waals surface area contributed by atoms with Crippen LogP contribution in [0.4, 0.5) is 24.8 Å². The molecule has 0 aliphatic heterocycles. The topological polar surface area (TPSA) is 55.3 Å². The molecule has 120 valence electrons. The maximum Gasteiger partial charge on any atom is 0.573 e.